The SMILES string of the molecule is COc1ccc(/C(C)=N/O)c(OCC(=O)NCC(C)C)c1. The highest BCUT2D eigenvalue weighted by Gasteiger charge is 2.11. The summed E-state index contributed by atoms with van der Waals surface area (Å²) in [4.78, 5) is 11.7. The quantitative estimate of drug-likeness (QED) is 0.458. The average molecular weight is 294 g/mol. The third-order valence-corrected chi connectivity index (χ3v) is 2.79. The van der Waals surface area contributed by atoms with Crippen molar-refractivity contribution in [2.24, 2.45) is 11.1 Å². The van der Waals surface area contributed by atoms with Crippen molar-refractivity contribution >= 4 is 11.6 Å². The van der Waals surface area contributed by atoms with Gasteiger partial charge < -0.3 is 20.0 Å². The minimum absolute atomic E-state index is 0.106. The van der Waals surface area contributed by atoms with Crippen LogP contribution in [0.2, 0.25) is 0 Å². The van der Waals surface area contributed by atoms with Crippen LogP contribution in [0.25, 0.3) is 0 Å². The van der Waals surface area contributed by atoms with E-state index in [2.05, 4.69) is 10.5 Å². The molecule has 21 heavy (non-hydrogen) atoms. The fraction of sp³-hybridized carbons (Fsp3) is 0.467. The van der Waals surface area contributed by atoms with E-state index in [4.69, 9.17) is 14.7 Å². The zero-order valence-electron chi connectivity index (χ0n) is 12.8. The van der Waals surface area contributed by atoms with Crippen LogP contribution in [0.3, 0.4) is 0 Å². The number of rotatable bonds is 7. The van der Waals surface area contributed by atoms with Crippen molar-refractivity contribution in [1.29, 1.82) is 0 Å². The Kier molecular flexibility index (Phi) is 6.52. The third-order valence-electron chi connectivity index (χ3n) is 2.79. The van der Waals surface area contributed by atoms with Crippen LogP contribution in [-0.4, -0.2) is 37.1 Å². The smallest absolute Gasteiger partial charge is 0.257 e. The summed E-state index contributed by atoms with van der Waals surface area (Å²) in [6.45, 7) is 6.17. The van der Waals surface area contributed by atoms with Crippen molar-refractivity contribution in [3.05, 3.63) is 23.8 Å². The van der Waals surface area contributed by atoms with Crippen molar-refractivity contribution in [3.63, 3.8) is 0 Å². The van der Waals surface area contributed by atoms with Gasteiger partial charge in [0.25, 0.3) is 5.91 Å². The number of nitrogens with zero attached hydrogens (tertiary/aromatic N) is 1. The Hall–Kier alpha value is -2.24. The number of amides is 1. The number of hydrogen-bond donors (Lipinski definition) is 2. The first-order valence-electron chi connectivity index (χ1n) is 6.74. The van der Waals surface area contributed by atoms with E-state index in [0.717, 1.165) is 0 Å². The van der Waals surface area contributed by atoms with Gasteiger partial charge in [0.1, 0.15) is 11.5 Å². The monoisotopic (exact) mass is 294 g/mol. The Balaban J connectivity index is 2.78. The van der Waals surface area contributed by atoms with Gasteiger partial charge >= 0.3 is 0 Å². The van der Waals surface area contributed by atoms with Crippen LogP contribution in [0, 0.1) is 5.92 Å². The number of hydrogen-bond acceptors (Lipinski definition) is 5. The summed E-state index contributed by atoms with van der Waals surface area (Å²) < 4.78 is 10.6. The van der Waals surface area contributed by atoms with Gasteiger partial charge in [-0.1, -0.05) is 19.0 Å². The average Bonchev–Trinajstić information content (AvgIpc) is 2.49. The number of oxime groups is 1. The van der Waals surface area contributed by atoms with Gasteiger partial charge in [-0.15, -0.1) is 0 Å². The molecule has 0 saturated heterocycles. The number of methoxy groups -OCH3 is 1. The van der Waals surface area contributed by atoms with Crippen LogP contribution in [0.5, 0.6) is 11.5 Å². The molecule has 0 aliphatic carbocycles. The van der Waals surface area contributed by atoms with Crippen LogP contribution >= 0.6 is 0 Å². The first-order valence-corrected chi connectivity index (χ1v) is 6.74. The van der Waals surface area contributed by atoms with Crippen LogP contribution in [0.15, 0.2) is 23.4 Å². The molecule has 0 atom stereocenters. The summed E-state index contributed by atoms with van der Waals surface area (Å²) in [5.74, 6) is 1.22. The van der Waals surface area contributed by atoms with E-state index in [1.165, 1.54) is 0 Å². The highest BCUT2D eigenvalue weighted by atomic mass is 16.5. The second kappa shape index (κ2) is 8.14. The van der Waals surface area contributed by atoms with Gasteiger partial charge in [0.2, 0.25) is 0 Å². The maximum absolute atomic E-state index is 11.7. The summed E-state index contributed by atoms with van der Waals surface area (Å²) in [6, 6.07) is 5.10. The maximum Gasteiger partial charge on any atom is 0.257 e. The largest absolute Gasteiger partial charge is 0.497 e. The van der Waals surface area contributed by atoms with Gasteiger partial charge in [-0.25, -0.2) is 0 Å². The van der Waals surface area contributed by atoms with Crippen LogP contribution in [0.4, 0.5) is 0 Å². The van der Waals surface area contributed by atoms with Crippen LogP contribution in [0.1, 0.15) is 26.3 Å². The molecule has 0 aliphatic heterocycles. The summed E-state index contributed by atoms with van der Waals surface area (Å²) in [7, 11) is 1.54. The van der Waals surface area contributed by atoms with Crippen molar-refractivity contribution < 1.29 is 19.5 Å². The first-order chi connectivity index (χ1) is 9.97. The van der Waals surface area contributed by atoms with Gasteiger partial charge in [-0.3, -0.25) is 4.79 Å². The van der Waals surface area contributed by atoms with Crippen molar-refractivity contribution in [2.45, 2.75) is 20.8 Å². The molecule has 1 aromatic rings. The van der Waals surface area contributed by atoms with Crippen molar-refractivity contribution in [2.75, 3.05) is 20.3 Å². The highest BCUT2D eigenvalue weighted by molar-refractivity contribution is 6.01. The molecule has 1 amide bonds. The normalized spacial score (nSPS) is 11.4. The predicted octanol–water partition coefficient (Wildman–Crippen LogP) is 2.04. The Morgan fingerprint density at radius 3 is 2.71 bits per heavy atom. The fourth-order valence-electron chi connectivity index (χ4n) is 1.61. The molecule has 1 aromatic carbocycles. The highest BCUT2D eigenvalue weighted by Crippen LogP contribution is 2.25. The van der Waals surface area contributed by atoms with Crippen LogP contribution < -0.4 is 14.8 Å². The molecule has 0 aromatic heterocycles. The fourth-order valence-corrected chi connectivity index (χ4v) is 1.61. The van der Waals surface area contributed by atoms with E-state index in [9.17, 15) is 4.79 Å². The van der Waals surface area contributed by atoms with Gasteiger partial charge in [0.15, 0.2) is 6.61 Å². The molecule has 0 unspecified atom stereocenters. The van der Waals surface area contributed by atoms with Gasteiger partial charge in [0.05, 0.1) is 12.8 Å². The Morgan fingerprint density at radius 2 is 2.14 bits per heavy atom. The summed E-state index contributed by atoms with van der Waals surface area (Å²) >= 11 is 0. The molecule has 0 radical (unpaired) electrons. The zero-order valence-corrected chi connectivity index (χ0v) is 12.8. The minimum Gasteiger partial charge on any atom is -0.497 e. The van der Waals surface area contributed by atoms with Gasteiger partial charge in [-0.05, 0) is 25.0 Å². The Labute approximate surface area is 124 Å². The topological polar surface area (TPSA) is 80.2 Å². The van der Waals surface area contributed by atoms with E-state index in [-0.39, 0.29) is 12.5 Å². The van der Waals surface area contributed by atoms with Gasteiger partial charge in [0, 0.05) is 18.2 Å². The van der Waals surface area contributed by atoms with E-state index in [1.807, 2.05) is 13.8 Å². The predicted molar refractivity (Wildman–Crippen MR) is 80.3 cm³/mol. The molecular formula is C15H22N2O4. The van der Waals surface area contributed by atoms with Crippen molar-refractivity contribution in [1.82, 2.24) is 5.32 Å². The van der Waals surface area contributed by atoms with E-state index in [1.54, 1.807) is 32.2 Å². The number of carbonyl (C=O) groups is 1. The molecule has 1 rings (SSSR count). The third kappa shape index (κ3) is 5.33. The number of nitrogens with one attached hydrogen (secondary N) is 1. The standard InChI is InChI=1S/C15H22N2O4/c1-10(2)8-16-15(18)9-21-14-7-12(20-4)5-6-13(14)11(3)17-19/h5-7,10,19H,8-9H2,1-4H3,(H,16,18)/b17-11+. The summed E-state index contributed by atoms with van der Waals surface area (Å²) in [5.41, 5.74) is 1.00. The van der Waals surface area contributed by atoms with Crippen molar-refractivity contribution in [3.8, 4) is 11.5 Å². The number of ether oxygens (including phenoxy) is 2. The molecule has 6 nitrogen and oxygen atoms in total. The zero-order chi connectivity index (χ0) is 15.8. The molecule has 0 aliphatic rings. The minimum atomic E-state index is -0.198. The lowest BCUT2D eigenvalue weighted by atomic mass is 10.1. The molecule has 0 bridgehead atoms. The molecule has 116 valence electrons. The van der Waals surface area contributed by atoms with Crippen LogP contribution in [-0.2, 0) is 4.79 Å². The maximum atomic E-state index is 11.7. The van der Waals surface area contributed by atoms with E-state index < -0.39 is 0 Å². The van der Waals surface area contributed by atoms with E-state index in [0.29, 0.717) is 35.2 Å². The number of carbonyl (C=O) groups excluding carboxylic acids is 1. The molecule has 0 spiro atoms. The number of benzene rings is 1. The summed E-state index contributed by atoms with van der Waals surface area (Å²) in [6.07, 6.45) is 0. The van der Waals surface area contributed by atoms with Gasteiger partial charge in [-0.2, -0.15) is 0 Å². The van der Waals surface area contributed by atoms with E-state index >= 15 is 0 Å². The summed E-state index contributed by atoms with van der Waals surface area (Å²) in [5, 5.41) is 14.8. The Morgan fingerprint density at radius 1 is 1.43 bits per heavy atom. The Bertz CT molecular complexity index is 512. The second-order valence-electron chi connectivity index (χ2n) is 5.03. The molecule has 0 heterocycles. The lowest BCUT2D eigenvalue weighted by Gasteiger charge is -2.13. The lowest BCUT2D eigenvalue weighted by Crippen LogP contribution is -2.31. The molecule has 0 fully saturated rings. The lowest BCUT2D eigenvalue weighted by molar-refractivity contribution is -0.123. The molecular weight excluding hydrogens is 272 g/mol. The molecule has 2 N–H and O–H groups in total. The molecule has 0 saturated carbocycles. The first kappa shape index (κ1) is 16.8. The second-order valence-corrected chi connectivity index (χ2v) is 5.03. The molecule has 6 heteroatoms.